The number of rotatable bonds is 2. The molecule has 0 saturated carbocycles. The van der Waals surface area contributed by atoms with Crippen LogP contribution in [0.25, 0.3) is 0 Å². The first-order valence-electron chi connectivity index (χ1n) is 5.96. The van der Waals surface area contributed by atoms with Crippen molar-refractivity contribution in [1.82, 2.24) is 0 Å². The number of hydrogen-bond donors (Lipinski definition) is 0. The van der Waals surface area contributed by atoms with Crippen LogP contribution in [-0.2, 0) is 0 Å². The molecule has 0 bridgehead atoms. The summed E-state index contributed by atoms with van der Waals surface area (Å²) in [7, 11) is -10.7. The predicted molar refractivity (Wildman–Crippen MR) is 69.6 cm³/mol. The molecule has 0 aliphatic rings. The standard InChI is InChI=1S/C12H19O.F6P/c1-8(2)11-6-10(5)7-12(13-11)9(3)4;1-7(2,3,4,5)6/h6-9H,1-5H3;/q+1;-1. The zero-order chi connectivity index (χ0) is 16.4. The van der Waals surface area contributed by atoms with Gasteiger partial charge in [-0.05, 0) is 12.5 Å². The average Bonchev–Trinajstić information content (AvgIpc) is 2.11. The molecule has 120 valence electrons. The van der Waals surface area contributed by atoms with E-state index < -0.39 is 7.81 Å². The molecule has 0 aliphatic carbocycles. The van der Waals surface area contributed by atoms with E-state index in [0.717, 1.165) is 11.5 Å². The summed E-state index contributed by atoms with van der Waals surface area (Å²) in [6.07, 6.45) is 0. The van der Waals surface area contributed by atoms with E-state index in [4.69, 9.17) is 4.42 Å². The Labute approximate surface area is 114 Å². The van der Waals surface area contributed by atoms with Crippen LogP contribution in [0.1, 0.15) is 56.6 Å². The van der Waals surface area contributed by atoms with Gasteiger partial charge in [0.25, 0.3) is 0 Å². The Morgan fingerprint density at radius 1 is 0.800 bits per heavy atom. The molecular weight excluding hydrogens is 305 g/mol. The van der Waals surface area contributed by atoms with Crippen molar-refractivity contribution in [3.8, 4) is 0 Å². The summed E-state index contributed by atoms with van der Waals surface area (Å²) in [6.45, 7) is 10.7. The normalized spacial score (nSPS) is 15.4. The summed E-state index contributed by atoms with van der Waals surface area (Å²) >= 11 is 0. The van der Waals surface area contributed by atoms with Gasteiger partial charge in [-0.25, -0.2) is 4.42 Å². The van der Waals surface area contributed by atoms with Crippen molar-refractivity contribution in [1.29, 1.82) is 0 Å². The monoisotopic (exact) mass is 324 g/mol. The number of halogens is 6. The van der Waals surface area contributed by atoms with Crippen LogP contribution in [0, 0.1) is 6.92 Å². The Hall–Kier alpha value is -0.840. The quantitative estimate of drug-likeness (QED) is 0.311. The van der Waals surface area contributed by atoms with Gasteiger partial charge in [0, 0.05) is 12.1 Å². The summed E-state index contributed by atoms with van der Waals surface area (Å²) in [6, 6.07) is 4.24. The molecule has 1 nitrogen and oxygen atoms in total. The van der Waals surface area contributed by atoms with Crippen LogP contribution in [0.4, 0.5) is 25.2 Å². The van der Waals surface area contributed by atoms with E-state index in [0.29, 0.717) is 11.8 Å². The van der Waals surface area contributed by atoms with E-state index in [9.17, 15) is 25.2 Å². The van der Waals surface area contributed by atoms with Gasteiger partial charge in [-0.15, -0.1) is 0 Å². The second kappa shape index (κ2) is 5.17. The molecule has 1 aromatic rings. The second-order valence-corrected chi connectivity index (χ2v) is 7.12. The second-order valence-electron chi connectivity index (χ2n) is 5.21. The van der Waals surface area contributed by atoms with E-state index in [-0.39, 0.29) is 0 Å². The molecule has 0 aromatic carbocycles. The van der Waals surface area contributed by atoms with Crippen molar-refractivity contribution in [3.63, 3.8) is 0 Å². The van der Waals surface area contributed by atoms with Crippen LogP contribution in [0.2, 0.25) is 0 Å². The molecule has 1 heterocycles. The Morgan fingerprint density at radius 2 is 1.05 bits per heavy atom. The number of hydrogen-bond acceptors (Lipinski definition) is 0. The van der Waals surface area contributed by atoms with Crippen molar-refractivity contribution in [2.75, 3.05) is 0 Å². The van der Waals surface area contributed by atoms with E-state index in [1.54, 1.807) is 0 Å². The van der Waals surface area contributed by atoms with Gasteiger partial charge in [0.15, 0.2) is 0 Å². The van der Waals surface area contributed by atoms with Gasteiger partial charge >= 0.3 is 44.5 Å². The number of aryl methyl sites for hydroxylation is 1. The van der Waals surface area contributed by atoms with Gasteiger partial charge < -0.3 is 0 Å². The molecule has 0 spiro atoms. The first-order chi connectivity index (χ1) is 8.45. The molecule has 8 heteroatoms. The molecule has 0 atom stereocenters. The fourth-order valence-electron chi connectivity index (χ4n) is 1.25. The van der Waals surface area contributed by atoms with Gasteiger partial charge in [0.2, 0.25) is 0 Å². The molecule has 0 radical (unpaired) electrons. The molecule has 0 aliphatic heterocycles. The van der Waals surface area contributed by atoms with Gasteiger partial charge in [-0.1, -0.05) is 27.7 Å². The molecule has 0 unspecified atom stereocenters. The third-order valence-corrected chi connectivity index (χ3v) is 2.11. The maximum absolute atomic E-state index is 10.7. The molecule has 0 saturated heterocycles. The zero-order valence-corrected chi connectivity index (χ0v) is 12.8. The summed E-state index contributed by atoms with van der Waals surface area (Å²) in [4.78, 5) is 0. The van der Waals surface area contributed by atoms with Crippen molar-refractivity contribution in [2.24, 2.45) is 0 Å². The SMILES string of the molecule is Cc1cc(C(C)C)[o+]c(C(C)C)c1.F[P-](F)(F)(F)(F)F. The average molecular weight is 324 g/mol. The first kappa shape index (κ1) is 19.2. The van der Waals surface area contributed by atoms with Gasteiger partial charge in [0.05, 0.1) is 11.8 Å². The summed E-state index contributed by atoms with van der Waals surface area (Å²) in [5.41, 5.74) is 1.29. The molecule has 20 heavy (non-hydrogen) atoms. The molecule has 0 N–H and O–H groups in total. The van der Waals surface area contributed by atoms with Crippen LogP contribution in [0.3, 0.4) is 0 Å². The first-order valence-corrected chi connectivity index (χ1v) is 7.99. The van der Waals surface area contributed by atoms with Gasteiger partial charge in [-0.2, -0.15) is 0 Å². The molecule has 0 amide bonds. The van der Waals surface area contributed by atoms with Crippen molar-refractivity contribution in [2.45, 2.75) is 46.5 Å². The van der Waals surface area contributed by atoms with E-state index in [1.165, 1.54) is 5.56 Å². The van der Waals surface area contributed by atoms with Crippen molar-refractivity contribution in [3.05, 3.63) is 29.2 Å². The minimum atomic E-state index is -10.7. The predicted octanol–water partition coefficient (Wildman–Crippen LogP) is 7.50. The molecule has 1 aromatic heterocycles. The Balaban J connectivity index is 0.000000441. The zero-order valence-electron chi connectivity index (χ0n) is 11.9. The fourth-order valence-corrected chi connectivity index (χ4v) is 1.25. The van der Waals surface area contributed by atoms with Crippen LogP contribution < -0.4 is 0 Å². The maximum atomic E-state index is 9.87. The molecule has 0 fully saturated rings. The van der Waals surface area contributed by atoms with Gasteiger partial charge in [-0.3, -0.25) is 0 Å². The third-order valence-electron chi connectivity index (χ3n) is 2.11. The van der Waals surface area contributed by atoms with E-state index >= 15 is 0 Å². The fraction of sp³-hybridized carbons (Fsp3) is 0.583. The van der Waals surface area contributed by atoms with E-state index in [1.807, 2.05) is 0 Å². The molecule has 1 rings (SSSR count). The Morgan fingerprint density at radius 3 is 1.25 bits per heavy atom. The summed E-state index contributed by atoms with van der Waals surface area (Å²) in [5, 5.41) is 0. The summed E-state index contributed by atoms with van der Waals surface area (Å²) in [5.74, 6) is 3.11. The van der Waals surface area contributed by atoms with Crippen molar-refractivity contribution >= 4 is 7.81 Å². The Kier molecular flexibility index (Phi) is 4.95. The van der Waals surface area contributed by atoms with Crippen LogP contribution in [0.5, 0.6) is 0 Å². The van der Waals surface area contributed by atoms with Crippen LogP contribution >= 0.6 is 7.81 Å². The van der Waals surface area contributed by atoms with Crippen LogP contribution in [0.15, 0.2) is 16.5 Å². The van der Waals surface area contributed by atoms with Crippen molar-refractivity contribution < 1.29 is 29.6 Å². The van der Waals surface area contributed by atoms with Crippen LogP contribution in [-0.4, -0.2) is 0 Å². The summed E-state index contributed by atoms with van der Waals surface area (Å²) < 4.78 is 65.0. The third kappa shape index (κ3) is 12.2. The Bertz CT molecular complexity index is 426. The van der Waals surface area contributed by atoms with Gasteiger partial charge in [0.1, 0.15) is 0 Å². The molecular formula is C12H19F6OP. The topological polar surface area (TPSA) is 11.3 Å². The van der Waals surface area contributed by atoms with E-state index in [2.05, 4.69) is 46.8 Å². The minimum absolute atomic E-state index is 0.470.